The topological polar surface area (TPSA) is 12.9 Å². The summed E-state index contributed by atoms with van der Waals surface area (Å²) in [6, 6.07) is 3.74. The molecular formula is C7H7ClN. The number of rotatable bonds is 1. The lowest BCUT2D eigenvalue weighted by molar-refractivity contribution is 1.15. The molecule has 2 heteroatoms. The lowest BCUT2D eigenvalue weighted by Gasteiger charge is -1.98. The second kappa shape index (κ2) is 2.83. The molecule has 0 bridgehead atoms. The van der Waals surface area contributed by atoms with Crippen molar-refractivity contribution in [1.29, 1.82) is 0 Å². The Morgan fingerprint density at radius 1 is 1.67 bits per heavy atom. The maximum absolute atomic E-state index is 5.65. The summed E-state index contributed by atoms with van der Waals surface area (Å²) in [7, 11) is 0. The third-order valence-electron chi connectivity index (χ3n) is 1.05. The van der Waals surface area contributed by atoms with E-state index in [4.69, 9.17) is 11.6 Å². The van der Waals surface area contributed by atoms with Crippen molar-refractivity contribution < 1.29 is 0 Å². The van der Waals surface area contributed by atoms with Gasteiger partial charge in [0.1, 0.15) is 0 Å². The fraction of sp³-hybridized carbons (Fsp3) is 0.143. The number of alkyl halides is 1. The van der Waals surface area contributed by atoms with Crippen LogP contribution in [0.4, 0.5) is 0 Å². The van der Waals surface area contributed by atoms with Crippen molar-refractivity contribution in [2.75, 3.05) is 0 Å². The molecule has 1 nitrogen and oxygen atoms in total. The Morgan fingerprint density at radius 2 is 2.44 bits per heavy atom. The third kappa shape index (κ3) is 1.68. The van der Waals surface area contributed by atoms with Gasteiger partial charge in [0.05, 0.1) is 5.38 Å². The van der Waals surface area contributed by atoms with Crippen LogP contribution in [0.25, 0.3) is 0 Å². The van der Waals surface area contributed by atoms with E-state index < -0.39 is 0 Å². The van der Waals surface area contributed by atoms with Crippen LogP contribution in [0.15, 0.2) is 24.5 Å². The molecule has 0 spiro atoms. The van der Waals surface area contributed by atoms with E-state index in [1.165, 1.54) is 0 Å². The molecule has 0 saturated carbocycles. The molecule has 0 aliphatic heterocycles. The van der Waals surface area contributed by atoms with Crippen LogP contribution in [0.2, 0.25) is 0 Å². The minimum Gasteiger partial charge on any atom is -0.264 e. The fourth-order valence-electron chi connectivity index (χ4n) is 0.561. The van der Waals surface area contributed by atoms with Crippen LogP contribution in [0.5, 0.6) is 0 Å². The number of aromatic nitrogens is 1. The summed E-state index contributed by atoms with van der Waals surface area (Å²) in [6.07, 6.45) is 3.42. The molecule has 9 heavy (non-hydrogen) atoms. The van der Waals surface area contributed by atoms with E-state index in [9.17, 15) is 0 Å². The molecule has 0 amide bonds. The van der Waals surface area contributed by atoms with E-state index in [0.717, 1.165) is 5.56 Å². The minimum absolute atomic E-state index is 0.182. The quantitative estimate of drug-likeness (QED) is 0.545. The summed E-state index contributed by atoms with van der Waals surface area (Å²) in [5.74, 6) is 0. The van der Waals surface area contributed by atoms with E-state index in [2.05, 4.69) is 11.9 Å². The average molecular weight is 141 g/mol. The molecule has 1 aromatic rings. The molecule has 0 saturated heterocycles. The molecule has 1 atom stereocenters. The second-order valence-electron chi connectivity index (χ2n) is 1.75. The average Bonchev–Trinajstić information content (AvgIpc) is 1.90. The summed E-state index contributed by atoms with van der Waals surface area (Å²) in [6.45, 7) is 3.63. The zero-order valence-corrected chi connectivity index (χ0v) is 5.67. The molecule has 1 heterocycles. The van der Waals surface area contributed by atoms with Crippen molar-refractivity contribution in [3.63, 3.8) is 0 Å². The molecule has 0 fully saturated rings. The monoisotopic (exact) mass is 140 g/mol. The maximum Gasteiger partial charge on any atom is 0.0601 e. The van der Waals surface area contributed by atoms with Crippen LogP contribution < -0.4 is 0 Å². The Hall–Kier alpha value is -0.560. The Balaban J connectivity index is 2.85. The third-order valence-corrected chi connectivity index (χ3v) is 1.30. The molecule has 0 aromatic carbocycles. The molecule has 0 N–H and O–H groups in total. The van der Waals surface area contributed by atoms with E-state index in [1.807, 2.05) is 12.1 Å². The number of pyridine rings is 1. The summed E-state index contributed by atoms with van der Waals surface area (Å²) in [5.41, 5.74) is 0.958. The highest BCUT2D eigenvalue weighted by molar-refractivity contribution is 6.21. The molecule has 0 aliphatic rings. The summed E-state index contributed by atoms with van der Waals surface area (Å²) < 4.78 is 0. The largest absolute Gasteiger partial charge is 0.264 e. The van der Waals surface area contributed by atoms with Crippen molar-refractivity contribution in [1.82, 2.24) is 4.98 Å². The maximum atomic E-state index is 5.65. The van der Waals surface area contributed by atoms with Crippen molar-refractivity contribution in [3.8, 4) is 0 Å². The van der Waals surface area contributed by atoms with Gasteiger partial charge in [-0.25, -0.2) is 0 Å². The van der Waals surface area contributed by atoms with Gasteiger partial charge in [0, 0.05) is 12.4 Å². The first-order chi connectivity index (χ1) is 4.30. The molecule has 1 radical (unpaired) electrons. The van der Waals surface area contributed by atoms with Gasteiger partial charge >= 0.3 is 0 Å². The highest BCUT2D eigenvalue weighted by Crippen LogP contribution is 2.15. The Bertz CT molecular complexity index is 172. The Kier molecular flexibility index (Phi) is 2.06. The van der Waals surface area contributed by atoms with Gasteiger partial charge in [-0.15, -0.1) is 11.6 Å². The molecule has 47 valence electrons. The lowest BCUT2D eigenvalue weighted by Crippen LogP contribution is -1.83. The van der Waals surface area contributed by atoms with Crippen molar-refractivity contribution in [2.24, 2.45) is 0 Å². The van der Waals surface area contributed by atoms with Gasteiger partial charge in [0.25, 0.3) is 0 Å². The fourth-order valence-corrected chi connectivity index (χ4v) is 0.690. The van der Waals surface area contributed by atoms with Crippen LogP contribution in [-0.2, 0) is 0 Å². The molecule has 1 aromatic heterocycles. The minimum atomic E-state index is -0.182. The van der Waals surface area contributed by atoms with Crippen LogP contribution in [0, 0.1) is 6.92 Å². The van der Waals surface area contributed by atoms with Gasteiger partial charge in [0.2, 0.25) is 0 Å². The van der Waals surface area contributed by atoms with E-state index >= 15 is 0 Å². The van der Waals surface area contributed by atoms with Gasteiger partial charge in [-0.3, -0.25) is 4.98 Å². The first-order valence-corrected chi connectivity index (χ1v) is 3.11. The van der Waals surface area contributed by atoms with Crippen LogP contribution >= 0.6 is 11.6 Å². The molecular weight excluding hydrogens is 134 g/mol. The SMILES string of the molecule is [CH2]C(Cl)c1cccnc1. The number of hydrogen-bond donors (Lipinski definition) is 0. The van der Waals surface area contributed by atoms with Crippen molar-refractivity contribution in [2.45, 2.75) is 5.38 Å². The number of hydrogen-bond acceptors (Lipinski definition) is 1. The van der Waals surface area contributed by atoms with E-state index in [-0.39, 0.29) is 5.38 Å². The van der Waals surface area contributed by atoms with Gasteiger partial charge in [-0.1, -0.05) is 6.07 Å². The van der Waals surface area contributed by atoms with E-state index in [1.54, 1.807) is 12.4 Å². The highest BCUT2D eigenvalue weighted by atomic mass is 35.5. The predicted octanol–water partition coefficient (Wildman–Crippen LogP) is 2.20. The number of nitrogens with zero attached hydrogens (tertiary/aromatic N) is 1. The standard InChI is InChI=1S/C7H7ClN/c1-6(8)7-3-2-4-9-5-7/h2-6H,1H2. The Morgan fingerprint density at radius 3 is 2.78 bits per heavy atom. The zero-order valence-electron chi connectivity index (χ0n) is 4.92. The van der Waals surface area contributed by atoms with Crippen LogP contribution in [-0.4, -0.2) is 4.98 Å². The molecule has 0 aliphatic carbocycles. The zero-order chi connectivity index (χ0) is 6.69. The van der Waals surface area contributed by atoms with Crippen LogP contribution in [0.3, 0.4) is 0 Å². The summed E-state index contributed by atoms with van der Waals surface area (Å²) in [5, 5.41) is -0.182. The number of halogens is 1. The second-order valence-corrected chi connectivity index (χ2v) is 2.28. The van der Waals surface area contributed by atoms with Gasteiger partial charge in [-0.05, 0) is 18.6 Å². The van der Waals surface area contributed by atoms with Crippen molar-refractivity contribution >= 4 is 11.6 Å². The van der Waals surface area contributed by atoms with Crippen molar-refractivity contribution in [3.05, 3.63) is 37.0 Å². The predicted molar refractivity (Wildman–Crippen MR) is 38.2 cm³/mol. The molecule has 1 rings (SSSR count). The normalized spacial score (nSPS) is 13.1. The van der Waals surface area contributed by atoms with E-state index in [0.29, 0.717) is 0 Å². The van der Waals surface area contributed by atoms with Gasteiger partial charge < -0.3 is 0 Å². The highest BCUT2D eigenvalue weighted by Gasteiger charge is 1.97. The smallest absolute Gasteiger partial charge is 0.0601 e. The first-order valence-electron chi connectivity index (χ1n) is 2.68. The summed E-state index contributed by atoms with van der Waals surface area (Å²) in [4.78, 5) is 3.88. The lowest BCUT2D eigenvalue weighted by atomic mass is 10.2. The molecule has 1 unspecified atom stereocenters. The van der Waals surface area contributed by atoms with Gasteiger partial charge in [-0.2, -0.15) is 0 Å². The Labute approximate surface area is 59.7 Å². The van der Waals surface area contributed by atoms with Gasteiger partial charge in [0.15, 0.2) is 0 Å². The summed E-state index contributed by atoms with van der Waals surface area (Å²) >= 11 is 5.65. The first kappa shape index (κ1) is 6.56. The van der Waals surface area contributed by atoms with Crippen LogP contribution in [0.1, 0.15) is 10.9 Å².